The first-order chi connectivity index (χ1) is 8.26. The first-order valence-corrected chi connectivity index (χ1v) is 7.54. The Balaban J connectivity index is 2.13. The largest absolute Gasteiger partial charge is 0.370 e. The molecule has 1 fully saturated rings. The number of anilines is 1. The number of hydrogen-bond donors (Lipinski definition) is 1. The van der Waals surface area contributed by atoms with Crippen LogP contribution in [0.4, 0.5) is 5.69 Å². The van der Waals surface area contributed by atoms with Crippen molar-refractivity contribution in [2.45, 2.75) is 24.3 Å². The fraction of sp³-hybridized carbons (Fsp3) is 0.571. The van der Waals surface area contributed by atoms with Gasteiger partial charge in [0.15, 0.2) is 0 Å². The molecule has 0 bridgehead atoms. The molecule has 1 saturated heterocycles. The number of thioether (sulfide) groups is 1. The monoisotopic (exact) mass is 250 g/mol. The van der Waals surface area contributed by atoms with Gasteiger partial charge >= 0.3 is 0 Å². The number of hydrogen-bond acceptors (Lipinski definition) is 3. The summed E-state index contributed by atoms with van der Waals surface area (Å²) in [6.07, 6.45) is 3.39. The molecule has 1 aliphatic rings. The van der Waals surface area contributed by atoms with Gasteiger partial charge in [0.25, 0.3) is 0 Å². The molecule has 0 amide bonds. The SMILES string of the molecule is CNC1CCN(c2ccccc2SC)CC1C. The van der Waals surface area contributed by atoms with Gasteiger partial charge in [-0.05, 0) is 37.8 Å². The number of rotatable bonds is 3. The van der Waals surface area contributed by atoms with Gasteiger partial charge in [0.05, 0.1) is 5.69 Å². The predicted molar refractivity (Wildman–Crippen MR) is 77.1 cm³/mol. The third kappa shape index (κ3) is 2.78. The summed E-state index contributed by atoms with van der Waals surface area (Å²) in [4.78, 5) is 3.92. The van der Waals surface area contributed by atoms with E-state index in [-0.39, 0.29) is 0 Å². The molecule has 2 rings (SSSR count). The van der Waals surface area contributed by atoms with Gasteiger partial charge in [0, 0.05) is 24.0 Å². The average Bonchev–Trinajstić information content (AvgIpc) is 2.38. The van der Waals surface area contributed by atoms with Crippen LogP contribution in [0, 0.1) is 5.92 Å². The molecule has 94 valence electrons. The summed E-state index contributed by atoms with van der Waals surface area (Å²) in [5, 5.41) is 3.42. The Bertz CT molecular complexity index is 367. The van der Waals surface area contributed by atoms with Crippen LogP contribution in [0.1, 0.15) is 13.3 Å². The lowest BCUT2D eigenvalue weighted by Gasteiger charge is -2.38. The minimum Gasteiger partial charge on any atom is -0.370 e. The molecule has 0 aromatic heterocycles. The van der Waals surface area contributed by atoms with E-state index in [1.807, 2.05) is 11.8 Å². The second-order valence-electron chi connectivity index (χ2n) is 4.78. The van der Waals surface area contributed by atoms with Crippen molar-refractivity contribution in [3.05, 3.63) is 24.3 Å². The van der Waals surface area contributed by atoms with Gasteiger partial charge < -0.3 is 10.2 Å². The number of piperidine rings is 1. The highest BCUT2D eigenvalue weighted by molar-refractivity contribution is 7.98. The fourth-order valence-electron chi connectivity index (χ4n) is 2.68. The van der Waals surface area contributed by atoms with Crippen LogP contribution in [0.15, 0.2) is 29.2 Å². The summed E-state index contributed by atoms with van der Waals surface area (Å²) in [6.45, 7) is 4.66. The van der Waals surface area contributed by atoms with Crippen LogP contribution < -0.4 is 10.2 Å². The summed E-state index contributed by atoms with van der Waals surface area (Å²) in [6, 6.07) is 9.41. The molecule has 0 saturated carbocycles. The van der Waals surface area contributed by atoms with Crippen LogP contribution in [0.3, 0.4) is 0 Å². The van der Waals surface area contributed by atoms with Crippen molar-refractivity contribution >= 4 is 17.4 Å². The molecule has 1 N–H and O–H groups in total. The Kier molecular flexibility index (Phi) is 4.35. The van der Waals surface area contributed by atoms with E-state index in [0.717, 1.165) is 13.1 Å². The summed E-state index contributed by atoms with van der Waals surface area (Å²) >= 11 is 1.84. The number of nitrogens with one attached hydrogen (secondary N) is 1. The Morgan fingerprint density at radius 3 is 2.76 bits per heavy atom. The molecule has 2 nitrogen and oxygen atoms in total. The smallest absolute Gasteiger partial charge is 0.0504 e. The molecule has 2 atom stereocenters. The Morgan fingerprint density at radius 2 is 2.12 bits per heavy atom. The molecule has 1 aromatic carbocycles. The normalized spacial score (nSPS) is 25.0. The molecule has 0 aliphatic carbocycles. The third-order valence-electron chi connectivity index (χ3n) is 3.70. The summed E-state index contributed by atoms with van der Waals surface area (Å²) < 4.78 is 0. The van der Waals surface area contributed by atoms with E-state index in [0.29, 0.717) is 12.0 Å². The Labute approximate surface area is 109 Å². The van der Waals surface area contributed by atoms with Gasteiger partial charge in [0.2, 0.25) is 0 Å². The van der Waals surface area contributed by atoms with Crippen molar-refractivity contribution in [2.75, 3.05) is 31.3 Å². The van der Waals surface area contributed by atoms with Crippen LogP contribution in [0.5, 0.6) is 0 Å². The highest BCUT2D eigenvalue weighted by Gasteiger charge is 2.25. The second-order valence-corrected chi connectivity index (χ2v) is 5.63. The second kappa shape index (κ2) is 5.78. The van der Waals surface area contributed by atoms with Gasteiger partial charge in [-0.1, -0.05) is 19.1 Å². The van der Waals surface area contributed by atoms with Crippen LogP contribution >= 0.6 is 11.8 Å². The minimum atomic E-state index is 0.674. The summed E-state index contributed by atoms with van der Waals surface area (Å²) in [5.74, 6) is 0.712. The van der Waals surface area contributed by atoms with E-state index in [1.165, 1.54) is 17.0 Å². The van der Waals surface area contributed by atoms with E-state index in [2.05, 4.69) is 54.7 Å². The van der Waals surface area contributed by atoms with Gasteiger partial charge in [-0.25, -0.2) is 0 Å². The summed E-state index contributed by atoms with van der Waals surface area (Å²) in [7, 11) is 2.08. The summed E-state index contributed by atoms with van der Waals surface area (Å²) in [5.41, 5.74) is 1.40. The molecule has 3 heteroatoms. The van der Waals surface area contributed by atoms with Crippen LogP contribution in [0.2, 0.25) is 0 Å². The maximum Gasteiger partial charge on any atom is 0.0504 e. The minimum absolute atomic E-state index is 0.674. The van der Waals surface area contributed by atoms with Crippen molar-refractivity contribution in [1.29, 1.82) is 0 Å². The van der Waals surface area contributed by atoms with Crippen molar-refractivity contribution < 1.29 is 0 Å². The van der Waals surface area contributed by atoms with Crippen LogP contribution in [-0.4, -0.2) is 32.4 Å². The molecular formula is C14H22N2S. The Morgan fingerprint density at radius 1 is 1.35 bits per heavy atom. The maximum atomic E-state index is 3.42. The Hall–Kier alpha value is -0.670. The zero-order chi connectivity index (χ0) is 12.3. The van der Waals surface area contributed by atoms with E-state index in [9.17, 15) is 0 Å². The molecule has 1 heterocycles. The topological polar surface area (TPSA) is 15.3 Å². The van der Waals surface area contributed by atoms with Crippen LogP contribution in [-0.2, 0) is 0 Å². The lowest BCUT2D eigenvalue weighted by atomic mass is 9.93. The highest BCUT2D eigenvalue weighted by atomic mass is 32.2. The van der Waals surface area contributed by atoms with Crippen molar-refractivity contribution in [2.24, 2.45) is 5.92 Å². The number of benzene rings is 1. The number of nitrogens with zero attached hydrogens (tertiary/aromatic N) is 1. The molecule has 1 aliphatic heterocycles. The molecule has 0 spiro atoms. The van der Waals surface area contributed by atoms with Gasteiger partial charge in [-0.3, -0.25) is 0 Å². The number of para-hydroxylation sites is 1. The van der Waals surface area contributed by atoms with E-state index < -0.39 is 0 Å². The maximum absolute atomic E-state index is 3.42. The zero-order valence-electron chi connectivity index (χ0n) is 10.9. The molecular weight excluding hydrogens is 228 g/mol. The molecule has 0 radical (unpaired) electrons. The fourth-order valence-corrected chi connectivity index (χ4v) is 3.31. The first kappa shape index (κ1) is 12.8. The van der Waals surface area contributed by atoms with E-state index >= 15 is 0 Å². The average molecular weight is 250 g/mol. The van der Waals surface area contributed by atoms with E-state index in [4.69, 9.17) is 0 Å². The van der Waals surface area contributed by atoms with Crippen molar-refractivity contribution in [1.82, 2.24) is 5.32 Å². The lowest BCUT2D eigenvalue weighted by molar-refractivity contribution is 0.338. The molecule has 17 heavy (non-hydrogen) atoms. The van der Waals surface area contributed by atoms with E-state index in [1.54, 1.807) is 0 Å². The van der Waals surface area contributed by atoms with Crippen LogP contribution in [0.25, 0.3) is 0 Å². The van der Waals surface area contributed by atoms with Gasteiger partial charge in [-0.2, -0.15) is 0 Å². The third-order valence-corrected chi connectivity index (χ3v) is 4.49. The lowest BCUT2D eigenvalue weighted by Crippen LogP contribution is -2.47. The quantitative estimate of drug-likeness (QED) is 0.831. The molecule has 2 unspecified atom stereocenters. The highest BCUT2D eigenvalue weighted by Crippen LogP contribution is 2.31. The van der Waals surface area contributed by atoms with Gasteiger partial charge in [-0.15, -0.1) is 11.8 Å². The first-order valence-electron chi connectivity index (χ1n) is 6.31. The zero-order valence-corrected chi connectivity index (χ0v) is 11.8. The van der Waals surface area contributed by atoms with Crippen molar-refractivity contribution in [3.8, 4) is 0 Å². The molecule has 1 aromatic rings. The van der Waals surface area contributed by atoms with Crippen molar-refractivity contribution in [3.63, 3.8) is 0 Å². The van der Waals surface area contributed by atoms with Gasteiger partial charge in [0.1, 0.15) is 0 Å². The standard InChI is InChI=1S/C14H22N2S/c1-11-10-16(9-8-12(11)15-2)13-6-4-5-7-14(13)17-3/h4-7,11-12,15H,8-10H2,1-3H3. The predicted octanol–water partition coefficient (Wildman–Crippen LogP) is 2.84.